The van der Waals surface area contributed by atoms with Gasteiger partial charge in [0, 0.05) is 50.0 Å². The summed E-state index contributed by atoms with van der Waals surface area (Å²) in [4.78, 5) is 48.2. The normalized spacial score (nSPS) is 11.0. The Balaban J connectivity index is 0.00000281. The first-order valence-electron chi connectivity index (χ1n) is 11.7. The predicted molar refractivity (Wildman–Crippen MR) is 133 cm³/mol. The van der Waals surface area contributed by atoms with E-state index in [0.29, 0.717) is 42.5 Å². The molecule has 1 atom stereocenters. The standard InChI is InChI=1S/C23H31N5O4.C2H6/c1-17-13-26-28(14-17)12-5-4-11-24-20-8-6-7-19(15-29)22(20)23(32)27(3)18(2)9-10-21(31)25-16-30;1-2/h6-8,13-16,18,24H,4-5,9-12H2,1-3H3,(H,25,30,31);1-2H3. The number of hydrogen-bond acceptors (Lipinski definition) is 6. The van der Waals surface area contributed by atoms with Crippen molar-refractivity contribution in [2.24, 2.45) is 0 Å². The molecule has 9 heteroatoms. The predicted octanol–water partition coefficient (Wildman–Crippen LogP) is 3.44. The number of aryl methyl sites for hydroxylation is 2. The SMILES string of the molecule is CC.Cc1cnn(CCCCNc2cccc(C=O)c2C(=O)N(C)C(C)CCC(=O)NC=O)c1. The molecule has 0 radical (unpaired) electrons. The van der Waals surface area contributed by atoms with E-state index in [1.165, 1.54) is 4.90 Å². The average molecular weight is 472 g/mol. The molecule has 0 aliphatic heterocycles. The van der Waals surface area contributed by atoms with Crippen LogP contribution < -0.4 is 10.6 Å². The van der Waals surface area contributed by atoms with Gasteiger partial charge in [-0.25, -0.2) is 0 Å². The highest BCUT2D eigenvalue weighted by atomic mass is 16.2. The number of benzene rings is 1. The van der Waals surface area contributed by atoms with Crippen LogP contribution in [0.2, 0.25) is 0 Å². The van der Waals surface area contributed by atoms with Gasteiger partial charge in [0.05, 0.1) is 11.8 Å². The van der Waals surface area contributed by atoms with Crippen molar-refractivity contribution in [1.29, 1.82) is 0 Å². The first-order valence-corrected chi connectivity index (χ1v) is 11.7. The van der Waals surface area contributed by atoms with Gasteiger partial charge in [0.1, 0.15) is 0 Å². The molecular weight excluding hydrogens is 434 g/mol. The zero-order valence-corrected chi connectivity index (χ0v) is 20.8. The van der Waals surface area contributed by atoms with Crippen molar-refractivity contribution in [1.82, 2.24) is 20.0 Å². The van der Waals surface area contributed by atoms with E-state index in [-0.39, 0.29) is 18.4 Å². The minimum atomic E-state index is -0.395. The molecule has 0 aliphatic carbocycles. The summed E-state index contributed by atoms with van der Waals surface area (Å²) in [6.07, 6.45) is 7.14. The van der Waals surface area contributed by atoms with E-state index in [0.717, 1.165) is 24.9 Å². The number of hydrogen-bond donors (Lipinski definition) is 2. The Morgan fingerprint density at radius 2 is 1.94 bits per heavy atom. The lowest BCUT2D eigenvalue weighted by Gasteiger charge is -2.26. The molecule has 0 saturated heterocycles. The molecule has 2 N–H and O–H groups in total. The number of anilines is 1. The molecule has 9 nitrogen and oxygen atoms in total. The van der Waals surface area contributed by atoms with Crippen molar-refractivity contribution < 1.29 is 19.2 Å². The van der Waals surface area contributed by atoms with Crippen molar-refractivity contribution in [3.63, 3.8) is 0 Å². The molecule has 0 fully saturated rings. The average Bonchev–Trinajstić information content (AvgIpc) is 3.27. The summed E-state index contributed by atoms with van der Waals surface area (Å²) in [6, 6.07) is 4.88. The molecule has 1 aromatic heterocycles. The Labute approximate surface area is 201 Å². The lowest BCUT2D eigenvalue weighted by Crippen LogP contribution is -2.37. The van der Waals surface area contributed by atoms with Crippen LogP contribution in [0.25, 0.3) is 0 Å². The Bertz CT molecular complexity index is 941. The van der Waals surface area contributed by atoms with E-state index >= 15 is 0 Å². The van der Waals surface area contributed by atoms with Crippen molar-refractivity contribution in [3.8, 4) is 0 Å². The van der Waals surface area contributed by atoms with Gasteiger partial charge in [-0.1, -0.05) is 26.0 Å². The second-order valence-electron chi connectivity index (χ2n) is 7.79. The minimum Gasteiger partial charge on any atom is -0.384 e. The lowest BCUT2D eigenvalue weighted by molar-refractivity contribution is -0.125. The number of nitrogens with one attached hydrogen (secondary N) is 2. The van der Waals surface area contributed by atoms with Crippen LogP contribution in [0.1, 0.15) is 72.7 Å². The number of nitrogens with zero attached hydrogens (tertiary/aromatic N) is 3. The van der Waals surface area contributed by atoms with Gasteiger partial charge in [-0.2, -0.15) is 5.10 Å². The number of amides is 3. The molecule has 0 aliphatic rings. The van der Waals surface area contributed by atoms with Crippen LogP contribution >= 0.6 is 0 Å². The van der Waals surface area contributed by atoms with Crippen LogP contribution in [0.4, 0.5) is 5.69 Å². The summed E-state index contributed by atoms with van der Waals surface area (Å²) in [7, 11) is 1.64. The van der Waals surface area contributed by atoms with Crippen molar-refractivity contribution in [2.45, 2.75) is 66.0 Å². The van der Waals surface area contributed by atoms with E-state index in [4.69, 9.17) is 0 Å². The first kappa shape index (κ1) is 28.5. The van der Waals surface area contributed by atoms with Crippen LogP contribution in [0, 0.1) is 6.92 Å². The Morgan fingerprint density at radius 1 is 1.21 bits per heavy atom. The van der Waals surface area contributed by atoms with Crippen molar-refractivity contribution >= 4 is 30.2 Å². The molecule has 1 unspecified atom stereocenters. The van der Waals surface area contributed by atoms with Crippen molar-refractivity contribution in [2.75, 3.05) is 18.9 Å². The van der Waals surface area contributed by atoms with Gasteiger partial charge >= 0.3 is 0 Å². The molecule has 3 amide bonds. The number of imide groups is 1. The maximum Gasteiger partial charge on any atom is 0.256 e. The second-order valence-corrected chi connectivity index (χ2v) is 7.79. The molecule has 1 heterocycles. The Morgan fingerprint density at radius 3 is 2.56 bits per heavy atom. The summed E-state index contributed by atoms with van der Waals surface area (Å²) < 4.78 is 1.91. The molecule has 0 bridgehead atoms. The van der Waals surface area contributed by atoms with E-state index in [9.17, 15) is 19.2 Å². The lowest BCUT2D eigenvalue weighted by atomic mass is 10.0. The quantitative estimate of drug-likeness (QED) is 0.342. The fourth-order valence-corrected chi connectivity index (χ4v) is 3.31. The third kappa shape index (κ3) is 8.80. The van der Waals surface area contributed by atoms with E-state index in [1.807, 2.05) is 44.8 Å². The fourth-order valence-electron chi connectivity index (χ4n) is 3.31. The van der Waals surface area contributed by atoms with Gasteiger partial charge in [0.2, 0.25) is 12.3 Å². The van der Waals surface area contributed by atoms with Crippen LogP contribution in [0.3, 0.4) is 0 Å². The Kier molecular flexibility index (Phi) is 12.9. The fraction of sp³-hybridized carbons (Fsp3) is 0.480. The van der Waals surface area contributed by atoms with Crippen molar-refractivity contribution in [3.05, 3.63) is 47.3 Å². The van der Waals surface area contributed by atoms with Gasteiger partial charge < -0.3 is 10.2 Å². The number of carbonyl (C=O) groups is 4. The minimum absolute atomic E-state index is 0.119. The summed E-state index contributed by atoms with van der Waals surface area (Å²) in [5, 5.41) is 9.64. The number of carbonyl (C=O) groups excluding carboxylic acids is 4. The highest BCUT2D eigenvalue weighted by molar-refractivity contribution is 6.06. The van der Waals surface area contributed by atoms with E-state index in [2.05, 4.69) is 15.7 Å². The Hall–Kier alpha value is -3.49. The molecule has 0 saturated carbocycles. The van der Waals surface area contributed by atoms with Gasteiger partial charge in [-0.3, -0.25) is 29.2 Å². The van der Waals surface area contributed by atoms with Gasteiger partial charge in [-0.05, 0) is 44.7 Å². The second kappa shape index (κ2) is 15.4. The summed E-state index contributed by atoms with van der Waals surface area (Å²) in [5.41, 5.74) is 2.36. The van der Waals surface area contributed by atoms with E-state index in [1.54, 1.807) is 25.2 Å². The van der Waals surface area contributed by atoms with Gasteiger partial charge in [0.15, 0.2) is 6.29 Å². The molecule has 1 aromatic carbocycles. The monoisotopic (exact) mass is 471 g/mol. The summed E-state index contributed by atoms with van der Waals surface area (Å²) in [5.74, 6) is -0.695. The van der Waals surface area contributed by atoms with Gasteiger partial charge in [-0.15, -0.1) is 0 Å². The van der Waals surface area contributed by atoms with Crippen LogP contribution in [-0.2, 0) is 16.1 Å². The van der Waals surface area contributed by atoms with Gasteiger partial charge in [0.25, 0.3) is 5.91 Å². The highest BCUT2D eigenvalue weighted by Crippen LogP contribution is 2.22. The zero-order chi connectivity index (χ0) is 25.5. The molecule has 186 valence electrons. The molecule has 0 spiro atoms. The molecule has 2 rings (SSSR count). The van der Waals surface area contributed by atoms with Crippen LogP contribution in [0.5, 0.6) is 0 Å². The zero-order valence-electron chi connectivity index (χ0n) is 20.8. The molecule has 34 heavy (non-hydrogen) atoms. The van der Waals surface area contributed by atoms with Crippen LogP contribution in [0.15, 0.2) is 30.6 Å². The van der Waals surface area contributed by atoms with E-state index < -0.39 is 5.91 Å². The highest BCUT2D eigenvalue weighted by Gasteiger charge is 2.23. The first-order chi connectivity index (χ1) is 16.4. The maximum absolute atomic E-state index is 13.2. The number of rotatable bonds is 13. The largest absolute Gasteiger partial charge is 0.384 e. The molecular formula is C25H37N5O4. The molecule has 2 aromatic rings. The summed E-state index contributed by atoms with van der Waals surface area (Å²) >= 11 is 0. The third-order valence-corrected chi connectivity index (χ3v) is 5.32. The smallest absolute Gasteiger partial charge is 0.256 e. The summed E-state index contributed by atoms with van der Waals surface area (Å²) in [6.45, 7) is 9.28. The number of unbranched alkanes of at least 4 members (excludes halogenated alkanes) is 1. The third-order valence-electron chi connectivity index (χ3n) is 5.32. The maximum atomic E-state index is 13.2. The number of aldehydes is 1. The number of aromatic nitrogens is 2. The van der Waals surface area contributed by atoms with Crippen LogP contribution in [-0.4, -0.2) is 58.8 Å². The topological polar surface area (TPSA) is 113 Å².